The maximum Gasteiger partial charge on any atom is 0.147 e. The van der Waals surface area contributed by atoms with Gasteiger partial charge in [0, 0.05) is 46.1 Å². The van der Waals surface area contributed by atoms with Gasteiger partial charge < -0.3 is 0 Å². The number of hydrogen-bond donors (Lipinski definition) is 0. The van der Waals surface area contributed by atoms with E-state index < -0.39 is 0 Å². The maximum atomic E-state index is 5.34. The molecule has 0 unspecified atom stereocenters. The van der Waals surface area contributed by atoms with Gasteiger partial charge in [-0.2, -0.15) is 0 Å². The number of hydrogen-bond acceptors (Lipinski definition) is 4. The minimum Gasteiger partial charge on any atom is -0.292 e. The van der Waals surface area contributed by atoms with Crippen molar-refractivity contribution in [1.82, 2.24) is 24.3 Å². The van der Waals surface area contributed by atoms with Crippen LogP contribution in [0, 0.1) is 25.7 Å². The maximum absolute atomic E-state index is 5.34. The van der Waals surface area contributed by atoms with E-state index in [1.807, 2.05) is 36.7 Å². The summed E-state index contributed by atoms with van der Waals surface area (Å²) in [6, 6.07) is 76.4. The SMILES string of the molecule is CC1=CC(c2ccc3c4nc5ccccc5cc4c4nc5ccccc5n4c3c2)=C(c2cc(-c3ccccc3-c3ccc(-c4ccccn4)cc3)cc(-c3cc(C)c(C)cc3-c3ccc(-c4ccccn4)cc3)c2)CC#C1. The van der Waals surface area contributed by atoms with Crippen molar-refractivity contribution in [2.45, 2.75) is 27.2 Å². The van der Waals surface area contributed by atoms with Crippen LogP contribution in [0.3, 0.4) is 0 Å². The normalized spacial score (nSPS) is 12.6. The first-order valence-electron chi connectivity index (χ1n) is 26.2. The van der Waals surface area contributed by atoms with Crippen LogP contribution in [0.4, 0.5) is 0 Å². The van der Waals surface area contributed by atoms with E-state index in [4.69, 9.17) is 9.97 Å². The van der Waals surface area contributed by atoms with Crippen molar-refractivity contribution in [2.24, 2.45) is 0 Å². The van der Waals surface area contributed by atoms with Crippen LogP contribution in [-0.4, -0.2) is 24.3 Å². The number of fused-ring (bicyclic) bond motifs is 9. The number of aryl methyl sites for hydroxylation is 2. The highest BCUT2D eigenvalue weighted by Crippen LogP contribution is 2.44. The van der Waals surface area contributed by atoms with Crippen molar-refractivity contribution in [3.05, 3.63) is 259 Å². The lowest BCUT2D eigenvalue weighted by molar-refractivity contribution is 1.31. The summed E-state index contributed by atoms with van der Waals surface area (Å²) >= 11 is 0. The standard InChI is InChI=1S/C72H49N5/c1-45-15-14-19-59(61(37-45)52-33-34-60-70(44-52)77-69-24-9-8-23-68(69)76-72(77)64-43-53-16-4-7-22-67(53)75-71(60)64)55-40-54(58-18-6-5-17-57(58)48-25-29-50(30-26-48)65-20-10-12-35-73-65)41-56(42-55)63-39-47(3)46(2)38-62(63)49-27-31-51(32-28-49)66-21-11-13-36-74-66/h4-13,16-18,20-44H,19H2,1-3H3. The Kier molecular flexibility index (Phi) is 11.1. The first-order chi connectivity index (χ1) is 37.9. The van der Waals surface area contributed by atoms with Gasteiger partial charge in [-0.15, -0.1) is 0 Å². The lowest BCUT2D eigenvalue weighted by Crippen LogP contribution is -1.98. The zero-order valence-corrected chi connectivity index (χ0v) is 42.9. The molecular weight excluding hydrogens is 935 g/mol. The average molecular weight is 984 g/mol. The fourth-order valence-electron chi connectivity index (χ4n) is 11.4. The number of nitrogens with zero attached hydrogens (tertiary/aromatic N) is 5. The molecule has 77 heavy (non-hydrogen) atoms. The number of rotatable bonds is 8. The van der Waals surface area contributed by atoms with Gasteiger partial charge in [-0.25, -0.2) is 9.97 Å². The molecule has 5 aromatic heterocycles. The van der Waals surface area contributed by atoms with Crippen molar-refractivity contribution >= 4 is 60.5 Å². The molecule has 13 aromatic rings. The molecule has 362 valence electrons. The van der Waals surface area contributed by atoms with Crippen LogP contribution in [0.5, 0.6) is 0 Å². The van der Waals surface area contributed by atoms with Crippen LogP contribution >= 0.6 is 0 Å². The first-order valence-corrected chi connectivity index (χ1v) is 26.2. The first kappa shape index (κ1) is 45.6. The van der Waals surface area contributed by atoms with E-state index >= 15 is 0 Å². The van der Waals surface area contributed by atoms with Gasteiger partial charge in [-0.3, -0.25) is 14.4 Å². The summed E-state index contributed by atoms with van der Waals surface area (Å²) in [7, 11) is 0. The van der Waals surface area contributed by atoms with Crippen molar-refractivity contribution < 1.29 is 0 Å². The van der Waals surface area contributed by atoms with Gasteiger partial charge in [-0.05, 0) is 183 Å². The van der Waals surface area contributed by atoms with Crippen LogP contribution in [-0.2, 0) is 0 Å². The zero-order valence-electron chi connectivity index (χ0n) is 42.9. The third kappa shape index (κ3) is 8.16. The molecule has 0 N–H and O–H groups in total. The summed E-state index contributed by atoms with van der Waals surface area (Å²) in [6.45, 7) is 6.56. The molecule has 0 radical (unpaired) electrons. The molecule has 0 bridgehead atoms. The predicted octanol–water partition coefficient (Wildman–Crippen LogP) is 18.0. The van der Waals surface area contributed by atoms with Gasteiger partial charge in [0.05, 0.1) is 39.0 Å². The molecule has 0 saturated heterocycles. The van der Waals surface area contributed by atoms with Gasteiger partial charge in [-0.1, -0.05) is 151 Å². The molecule has 1 aliphatic rings. The summed E-state index contributed by atoms with van der Waals surface area (Å²) in [5.74, 6) is 7.12. The fraction of sp³-hybridized carbons (Fsp3) is 0.0556. The number of para-hydroxylation sites is 3. The Morgan fingerprint density at radius 3 is 1.66 bits per heavy atom. The van der Waals surface area contributed by atoms with E-state index in [1.165, 1.54) is 22.3 Å². The minimum atomic E-state index is 0.560. The second-order valence-electron chi connectivity index (χ2n) is 20.2. The van der Waals surface area contributed by atoms with Crippen LogP contribution in [0.1, 0.15) is 35.6 Å². The molecule has 5 heteroatoms. The van der Waals surface area contributed by atoms with Gasteiger partial charge in [0.15, 0.2) is 0 Å². The van der Waals surface area contributed by atoms with Gasteiger partial charge >= 0.3 is 0 Å². The summed E-state index contributed by atoms with van der Waals surface area (Å²) in [5.41, 5.74) is 27.1. The molecule has 8 aromatic carbocycles. The Labute approximate surface area is 447 Å². The van der Waals surface area contributed by atoms with Gasteiger partial charge in [0.1, 0.15) is 5.65 Å². The molecule has 14 rings (SSSR count). The molecule has 0 atom stereocenters. The van der Waals surface area contributed by atoms with Crippen molar-refractivity contribution in [3.8, 4) is 78.9 Å². The second kappa shape index (κ2) is 18.7. The monoisotopic (exact) mass is 983 g/mol. The molecule has 0 spiro atoms. The quantitative estimate of drug-likeness (QED) is 0.0865. The smallest absolute Gasteiger partial charge is 0.147 e. The third-order valence-corrected chi connectivity index (χ3v) is 15.3. The summed E-state index contributed by atoms with van der Waals surface area (Å²) in [5, 5.41) is 3.19. The number of imidazole rings is 1. The number of aromatic nitrogens is 5. The Bertz CT molecular complexity index is 4650. The molecule has 0 saturated carbocycles. The van der Waals surface area contributed by atoms with Crippen LogP contribution in [0.25, 0.3) is 128 Å². The van der Waals surface area contributed by atoms with Crippen molar-refractivity contribution in [2.75, 3.05) is 0 Å². The third-order valence-electron chi connectivity index (χ3n) is 15.3. The second-order valence-corrected chi connectivity index (χ2v) is 20.2. The highest BCUT2D eigenvalue weighted by atomic mass is 15.0. The molecule has 0 amide bonds. The lowest BCUT2D eigenvalue weighted by Gasteiger charge is -2.20. The predicted molar refractivity (Wildman–Crippen MR) is 320 cm³/mol. The Morgan fingerprint density at radius 1 is 0.416 bits per heavy atom. The summed E-state index contributed by atoms with van der Waals surface area (Å²) in [4.78, 5) is 19.9. The van der Waals surface area contributed by atoms with Gasteiger partial charge in [0.25, 0.3) is 0 Å². The Balaban J connectivity index is 1.01. The topological polar surface area (TPSA) is 56.0 Å². The number of pyridine rings is 4. The Morgan fingerprint density at radius 2 is 0.974 bits per heavy atom. The highest BCUT2D eigenvalue weighted by molar-refractivity contribution is 6.15. The van der Waals surface area contributed by atoms with Crippen LogP contribution < -0.4 is 0 Å². The molecule has 0 aliphatic heterocycles. The van der Waals surface area contributed by atoms with E-state index in [1.54, 1.807) is 0 Å². The number of allylic oxidation sites excluding steroid dienone is 4. The average Bonchev–Trinajstić information content (AvgIpc) is 3.82. The van der Waals surface area contributed by atoms with E-state index in [-0.39, 0.29) is 0 Å². The number of benzene rings is 8. The van der Waals surface area contributed by atoms with E-state index in [0.717, 1.165) is 133 Å². The molecule has 0 fully saturated rings. The Hall–Kier alpha value is -10.0. The minimum absolute atomic E-state index is 0.560. The summed E-state index contributed by atoms with van der Waals surface area (Å²) in [6.07, 6.45) is 6.55. The molecule has 1 aliphatic carbocycles. The van der Waals surface area contributed by atoms with Crippen molar-refractivity contribution in [1.29, 1.82) is 0 Å². The molecule has 5 heterocycles. The van der Waals surface area contributed by atoms with E-state index in [2.05, 4.69) is 241 Å². The largest absolute Gasteiger partial charge is 0.292 e. The highest BCUT2D eigenvalue weighted by Gasteiger charge is 2.22. The lowest BCUT2D eigenvalue weighted by atomic mass is 9.84. The van der Waals surface area contributed by atoms with Crippen LogP contribution in [0.15, 0.2) is 236 Å². The van der Waals surface area contributed by atoms with E-state index in [9.17, 15) is 0 Å². The van der Waals surface area contributed by atoms with Crippen molar-refractivity contribution in [3.63, 3.8) is 0 Å². The summed E-state index contributed by atoms with van der Waals surface area (Å²) < 4.78 is 2.33. The zero-order chi connectivity index (χ0) is 51.6. The van der Waals surface area contributed by atoms with E-state index in [0.29, 0.717) is 6.42 Å². The van der Waals surface area contributed by atoms with Gasteiger partial charge in [0.2, 0.25) is 0 Å². The fourth-order valence-corrected chi connectivity index (χ4v) is 11.4. The molecule has 5 nitrogen and oxygen atoms in total. The van der Waals surface area contributed by atoms with Crippen LogP contribution in [0.2, 0.25) is 0 Å². The molecular formula is C72H49N5.